The van der Waals surface area contributed by atoms with Crippen molar-refractivity contribution in [1.29, 1.82) is 0 Å². The van der Waals surface area contributed by atoms with Crippen molar-refractivity contribution in [1.82, 2.24) is 0 Å². The van der Waals surface area contributed by atoms with Crippen molar-refractivity contribution in [3.8, 4) is 0 Å². The van der Waals surface area contributed by atoms with Gasteiger partial charge in [-0.05, 0) is 55.5 Å². The normalized spacial score (nSPS) is 11.2. The summed E-state index contributed by atoms with van der Waals surface area (Å²) in [7, 11) is 0. The second-order valence-electron chi connectivity index (χ2n) is 4.33. The molecule has 0 aliphatic heterocycles. The van der Waals surface area contributed by atoms with Crippen LogP contribution in [0.15, 0.2) is 60.3 Å². The highest BCUT2D eigenvalue weighted by atomic mass is 35.5. The van der Waals surface area contributed by atoms with Crippen LogP contribution < -0.4 is 5.32 Å². The average Bonchev–Trinajstić information content (AvgIpc) is 2.42. The number of anilines is 1. The highest BCUT2D eigenvalue weighted by molar-refractivity contribution is 6.30. The maximum Gasteiger partial charge on any atom is 0.187 e. The summed E-state index contributed by atoms with van der Waals surface area (Å²) >= 11 is 5.77. The number of carbonyl (C=O) groups is 1. The summed E-state index contributed by atoms with van der Waals surface area (Å²) in [6, 6.07) is 12.6. The summed E-state index contributed by atoms with van der Waals surface area (Å²) in [6.45, 7) is 1.77. The molecule has 0 bridgehead atoms. The first-order valence-electron chi connectivity index (χ1n) is 6.05. The number of benzene rings is 2. The first-order chi connectivity index (χ1) is 9.54. The zero-order valence-electron chi connectivity index (χ0n) is 10.9. The molecule has 102 valence electrons. The van der Waals surface area contributed by atoms with Crippen molar-refractivity contribution < 1.29 is 9.18 Å². The molecule has 2 aromatic rings. The topological polar surface area (TPSA) is 29.1 Å². The molecule has 0 saturated heterocycles. The third-order valence-electron chi connectivity index (χ3n) is 2.66. The van der Waals surface area contributed by atoms with Gasteiger partial charge in [-0.15, -0.1) is 0 Å². The Hall–Kier alpha value is -2.13. The van der Waals surface area contributed by atoms with E-state index in [1.165, 1.54) is 18.2 Å². The lowest BCUT2D eigenvalue weighted by Gasteiger charge is -2.06. The van der Waals surface area contributed by atoms with Gasteiger partial charge < -0.3 is 5.32 Å². The van der Waals surface area contributed by atoms with Gasteiger partial charge in [0.1, 0.15) is 5.82 Å². The molecular formula is C16H13ClFNO. The molecule has 2 nitrogen and oxygen atoms in total. The number of carbonyl (C=O) groups excluding carboxylic acids is 1. The second-order valence-corrected chi connectivity index (χ2v) is 4.77. The zero-order valence-corrected chi connectivity index (χ0v) is 11.6. The summed E-state index contributed by atoms with van der Waals surface area (Å²) < 4.78 is 12.8. The molecule has 0 aromatic heterocycles. The smallest absolute Gasteiger partial charge is 0.187 e. The molecule has 0 aliphatic carbocycles. The van der Waals surface area contributed by atoms with E-state index in [-0.39, 0.29) is 11.6 Å². The number of ketones is 1. The van der Waals surface area contributed by atoms with Gasteiger partial charge in [0.25, 0.3) is 0 Å². The van der Waals surface area contributed by atoms with Gasteiger partial charge in [-0.2, -0.15) is 0 Å². The van der Waals surface area contributed by atoms with Crippen LogP contribution in [0.3, 0.4) is 0 Å². The van der Waals surface area contributed by atoms with Gasteiger partial charge in [0.2, 0.25) is 0 Å². The van der Waals surface area contributed by atoms with E-state index in [4.69, 9.17) is 11.6 Å². The summed E-state index contributed by atoms with van der Waals surface area (Å²) in [5.74, 6) is -0.414. The molecule has 0 saturated carbocycles. The van der Waals surface area contributed by atoms with Crippen LogP contribution in [-0.2, 0) is 0 Å². The van der Waals surface area contributed by atoms with E-state index in [1.807, 2.05) is 0 Å². The Morgan fingerprint density at radius 2 is 1.70 bits per heavy atom. The van der Waals surface area contributed by atoms with Crippen LogP contribution in [0.5, 0.6) is 0 Å². The largest absolute Gasteiger partial charge is 0.359 e. The van der Waals surface area contributed by atoms with E-state index in [2.05, 4.69) is 5.32 Å². The minimum Gasteiger partial charge on any atom is -0.359 e. The summed E-state index contributed by atoms with van der Waals surface area (Å²) in [4.78, 5) is 12.0. The van der Waals surface area contributed by atoms with Gasteiger partial charge in [-0.1, -0.05) is 11.6 Å². The van der Waals surface area contributed by atoms with E-state index < -0.39 is 0 Å². The molecule has 2 aromatic carbocycles. The van der Waals surface area contributed by atoms with Crippen LogP contribution >= 0.6 is 11.6 Å². The summed E-state index contributed by atoms with van der Waals surface area (Å²) in [5, 5.41) is 3.62. The van der Waals surface area contributed by atoms with Crippen molar-refractivity contribution in [3.05, 3.63) is 76.7 Å². The predicted octanol–water partition coefficient (Wildman–Crippen LogP) is 4.68. The van der Waals surface area contributed by atoms with Crippen molar-refractivity contribution in [3.63, 3.8) is 0 Å². The third kappa shape index (κ3) is 3.93. The van der Waals surface area contributed by atoms with Gasteiger partial charge in [0.15, 0.2) is 5.78 Å². The number of hydrogen-bond donors (Lipinski definition) is 1. The van der Waals surface area contributed by atoms with Gasteiger partial charge in [-0.25, -0.2) is 4.39 Å². The Kier molecular flexibility index (Phi) is 4.53. The van der Waals surface area contributed by atoms with Crippen LogP contribution in [-0.4, -0.2) is 5.78 Å². The molecule has 20 heavy (non-hydrogen) atoms. The molecule has 0 amide bonds. The van der Waals surface area contributed by atoms with Gasteiger partial charge in [0, 0.05) is 28.0 Å². The fraction of sp³-hybridized carbons (Fsp3) is 0.0625. The number of hydrogen-bond acceptors (Lipinski definition) is 2. The first kappa shape index (κ1) is 14.3. The fourth-order valence-electron chi connectivity index (χ4n) is 1.69. The van der Waals surface area contributed by atoms with E-state index in [0.29, 0.717) is 16.3 Å². The van der Waals surface area contributed by atoms with E-state index in [9.17, 15) is 9.18 Å². The molecule has 0 heterocycles. The van der Waals surface area contributed by atoms with E-state index in [1.54, 1.807) is 43.3 Å². The van der Waals surface area contributed by atoms with Crippen LogP contribution in [0, 0.1) is 5.82 Å². The first-order valence-corrected chi connectivity index (χ1v) is 6.43. The third-order valence-corrected chi connectivity index (χ3v) is 2.91. The molecule has 0 spiro atoms. The number of nitrogens with one attached hydrogen (secondary N) is 1. The predicted molar refractivity (Wildman–Crippen MR) is 79.6 cm³/mol. The molecule has 1 N–H and O–H groups in total. The lowest BCUT2D eigenvalue weighted by Crippen LogP contribution is -2.01. The van der Waals surface area contributed by atoms with E-state index in [0.717, 1.165) is 5.69 Å². The highest BCUT2D eigenvalue weighted by Gasteiger charge is 2.03. The quantitative estimate of drug-likeness (QED) is 0.654. The molecular weight excluding hydrogens is 277 g/mol. The standard InChI is InChI=1S/C16H13ClFNO/c1-11(19-15-8-6-14(18)7-9-15)10-16(20)12-2-4-13(17)5-3-12/h2-10,19H,1H3/b11-10+. The Morgan fingerprint density at radius 3 is 2.30 bits per heavy atom. The molecule has 0 unspecified atom stereocenters. The minimum absolute atomic E-state index is 0.117. The number of halogens is 2. The minimum atomic E-state index is -0.297. The van der Waals surface area contributed by atoms with Gasteiger partial charge >= 0.3 is 0 Å². The Balaban J connectivity index is 2.07. The molecule has 0 radical (unpaired) electrons. The van der Waals surface area contributed by atoms with Gasteiger partial charge in [-0.3, -0.25) is 4.79 Å². The van der Waals surface area contributed by atoms with Crippen LogP contribution in [0.1, 0.15) is 17.3 Å². The molecule has 0 fully saturated rings. The SMILES string of the molecule is C/C(=C\C(=O)c1ccc(Cl)cc1)Nc1ccc(F)cc1. The molecule has 4 heteroatoms. The lowest BCUT2D eigenvalue weighted by atomic mass is 10.1. The Morgan fingerprint density at radius 1 is 1.10 bits per heavy atom. The van der Waals surface area contributed by atoms with Crippen molar-refractivity contribution in [2.24, 2.45) is 0 Å². The van der Waals surface area contributed by atoms with Crippen LogP contribution in [0.25, 0.3) is 0 Å². The van der Waals surface area contributed by atoms with Crippen molar-refractivity contribution in [2.75, 3.05) is 5.32 Å². The van der Waals surface area contributed by atoms with Crippen LogP contribution in [0.2, 0.25) is 5.02 Å². The fourth-order valence-corrected chi connectivity index (χ4v) is 1.82. The van der Waals surface area contributed by atoms with Gasteiger partial charge in [0.05, 0.1) is 0 Å². The molecule has 0 atom stereocenters. The zero-order chi connectivity index (χ0) is 14.5. The second kappa shape index (κ2) is 6.35. The monoisotopic (exact) mass is 289 g/mol. The lowest BCUT2D eigenvalue weighted by molar-refractivity contribution is 0.104. The maximum absolute atomic E-state index is 12.8. The molecule has 0 aliphatic rings. The van der Waals surface area contributed by atoms with Crippen LogP contribution in [0.4, 0.5) is 10.1 Å². The highest BCUT2D eigenvalue weighted by Crippen LogP contribution is 2.13. The Bertz CT molecular complexity index is 633. The summed E-state index contributed by atoms with van der Waals surface area (Å²) in [5.41, 5.74) is 1.97. The Labute approximate surface area is 121 Å². The number of allylic oxidation sites excluding steroid dienone is 2. The van der Waals surface area contributed by atoms with Crippen molar-refractivity contribution in [2.45, 2.75) is 6.92 Å². The average molecular weight is 290 g/mol. The molecule has 2 rings (SSSR count). The number of rotatable bonds is 4. The maximum atomic E-state index is 12.8. The van der Waals surface area contributed by atoms with E-state index >= 15 is 0 Å². The van der Waals surface area contributed by atoms with Crippen molar-refractivity contribution >= 4 is 23.1 Å². The summed E-state index contributed by atoms with van der Waals surface area (Å²) in [6.07, 6.45) is 1.49.